The van der Waals surface area contributed by atoms with Crippen LogP contribution in [0, 0.1) is 0 Å². The Balaban J connectivity index is 1.34. The van der Waals surface area contributed by atoms with Crippen LogP contribution < -0.4 is 10.2 Å². The van der Waals surface area contributed by atoms with Gasteiger partial charge in [0.2, 0.25) is 10.0 Å². The Bertz CT molecular complexity index is 1020. The van der Waals surface area contributed by atoms with E-state index in [9.17, 15) is 13.2 Å². The lowest BCUT2D eigenvalue weighted by Crippen LogP contribution is -2.45. The summed E-state index contributed by atoms with van der Waals surface area (Å²) in [6.45, 7) is 7.30. The largest absolute Gasteiger partial charge is 0.379 e. The lowest BCUT2D eigenvalue weighted by molar-refractivity contribution is -0.00546. The molecule has 0 radical (unpaired) electrons. The highest BCUT2D eigenvalue weighted by Crippen LogP contribution is 2.19. The van der Waals surface area contributed by atoms with Gasteiger partial charge in [-0.1, -0.05) is 6.07 Å². The van der Waals surface area contributed by atoms with Crippen molar-refractivity contribution >= 4 is 21.7 Å². The van der Waals surface area contributed by atoms with Crippen molar-refractivity contribution < 1.29 is 22.7 Å². The van der Waals surface area contributed by atoms with Crippen molar-refractivity contribution in [2.45, 2.75) is 37.5 Å². The molecule has 2 saturated heterocycles. The fourth-order valence-corrected chi connectivity index (χ4v) is 5.34. The normalized spacial score (nSPS) is 22.6. The van der Waals surface area contributed by atoms with E-state index in [0.29, 0.717) is 26.3 Å². The fraction of sp³-hybridized carbons (Fsp3) is 0.524. The number of carbonyl (C=O) groups excluding carboxylic acids is 1. The number of carbonyl (C=O) groups is 1. The Morgan fingerprint density at radius 1 is 1.22 bits per heavy atom. The minimum absolute atomic E-state index is 0.0736. The summed E-state index contributed by atoms with van der Waals surface area (Å²) in [5.74, 6) is 0.498. The number of hydrogen-bond acceptors (Lipinski definition) is 7. The highest BCUT2D eigenvalue weighted by molar-refractivity contribution is 7.89. The van der Waals surface area contributed by atoms with Gasteiger partial charge in [-0.15, -0.1) is 0 Å². The lowest BCUT2D eigenvalue weighted by Gasteiger charge is -2.36. The smallest absolute Gasteiger partial charge is 0.268 e. The number of anilines is 1. The molecule has 0 aromatic carbocycles. The predicted octanol–water partition coefficient (Wildman–Crippen LogP) is 0.974. The Kier molecular flexibility index (Phi) is 6.79. The van der Waals surface area contributed by atoms with Gasteiger partial charge in [0.15, 0.2) is 0 Å². The number of aromatic nitrogens is 2. The third-order valence-corrected chi connectivity index (χ3v) is 7.39. The minimum Gasteiger partial charge on any atom is -0.379 e. The van der Waals surface area contributed by atoms with Crippen LogP contribution in [0.5, 0.6) is 0 Å². The summed E-state index contributed by atoms with van der Waals surface area (Å²) in [5.41, 5.74) is 1.04. The quantitative estimate of drug-likeness (QED) is 0.656. The topological polar surface area (TPSA) is 117 Å². The fourth-order valence-electron chi connectivity index (χ4n) is 3.94. The third kappa shape index (κ3) is 5.12. The zero-order valence-corrected chi connectivity index (χ0v) is 19.1. The van der Waals surface area contributed by atoms with Gasteiger partial charge < -0.3 is 24.7 Å². The summed E-state index contributed by atoms with van der Waals surface area (Å²) >= 11 is 0. The number of rotatable bonds is 6. The highest BCUT2D eigenvalue weighted by atomic mass is 32.2. The van der Waals surface area contributed by atoms with Crippen molar-refractivity contribution in [3.63, 3.8) is 0 Å². The third-order valence-electron chi connectivity index (χ3n) is 5.51. The van der Waals surface area contributed by atoms with Crippen molar-refractivity contribution in [2.24, 2.45) is 0 Å². The van der Waals surface area contributed by atoms with Gasteiger partial charge in [0.25, 0.3) is 5.91 Å². The molecule has 2 aliphatic rings. The lowest BCUT2D eigenvalue weighted by atomic mass is 10.2. The van der Waals surface area contributed by atoms with E-state index < -0.39 is 10.0 Å². The predicted molar refractivity (Wildman–Crippen MR) is 118 cm³/mol. The Morgan fingerprint density at radius 2 is 1.94 bits per heavy atom. The number of nitrogens with one attached hydrogen (secondary N) is 2. The molecular weight excluding hydrogens is 434 g/mol. The molecule has 0 bridgehead atoms. The molecule has 2 N–H and O–H groups in total. The number of H-pyrrole nitrogens is 1. The second-order valence-electron chi connectivity index (χ2n) is 8.14. The number of morpholine rings is 2. The summed E-state index contributed by atoms with van der Waals surface area (Å²) in [6.07, 6.45) is 3.39. The SMILES string of the molecule is CC1CN(c2ccc(CNC(=O)c3cc(S(=O)(=O)N4CCOCC4)c[nH]3)cn2)CC(C)O1. The van der Waals surface area contributed by atoms with Crippen LogP contribution in [0.3, 0.4) is 0 Å². The van der Waals surface area contributed by atoms with Crippen LogP contribution in [0.25, 0.3) is 0 Å². The number of amides is 1. The molecular formula is C21H29N5O5S. The van der Waals surface area contributed by atoms with Crippen LogP contribution in [0.1, 0.15) is 29.9 Å². The molecule has 4 heterocycles. The molecule has 2 aromatic heterocycles. The molecule has 0 spiro atoms. The van der Waals surface area contributed by atoms with Gasteiger partial charge in [-0.2, -0.15) is 4.31 Å². The average molecular weight is 464 g/mol. The maximum Gasteiger partial charge on any atom is 0.268 e. The minimum atomic E-state index is -3.65. The molecule has 2 aromatic rings. The zero-order valence-electron chi connectivity index (χ0n) is 18.3. The van der Waals surface area contributed by atoms with Crippen LogP contribution >= 0.6 is 0 Å². The van der Waals surface area contributed by atoms with Gasteiger partial charge >= 0.3 is 0 Å². The van der Waals surface area contributed by atoms with Gasteiger partial charge in [0.1, 0.15) is 16.4 Å². The standard InChI is InChI=1S/C21H29N5O5S/c1-15-13-25(14-16(2)31-15)20-4-3-17(10-23-20)11-24-21(27)19-9-18(12-22-19)32(28,29)26-5-7-30-8-6-26/h3-4,9-10,12,15-16,22H,5-8,11,13-14H2,1-2H3,(H,24,27). The zero-order chi connectivity index (χ0) is 22.7. The number of sulfonamides is 1. The number of ether oxygens (including phenoxy) is 2. The molecule has 0 saturated carbocycles. The van der Waals surface area contributed by atoms with E-state index in [1.807, 2.05) is 26.0 Å². The van der Waals surface area contributed by atoms with Crippen molar-refractivity contribution in [3.8, 4) is 0 Å². The first-order chi connectivity index (χ1) is 15.3. The van der Waals surface area contributed by atoms with E-state index in [4.69, 9.17) is 9.47 Å². The molecule has 1 amide bonds. The van der Waals surface area contributed by atoms with Crippen LogP contribution in [0.4, 0.5) is 5.82 Å². The van der Waals surface area contributed by atoms with Gasteiger partial charge in [-0.25, -0.2) is 13.4 Å². The Morgan fingerprint density at radius 3 is 2.59 bits per heavy atom. The molecule has 174 valence electrons. The van der Waals surface area contributed by atoms with Crippen LogP contribution in [-0.2, 0) is 26.0 Å². The molecule has 0 aliphatic carbocycles. The second-order valence-corrected chi connectivity index (χ2v) is 10.1. The number of nitrogens with zero attached hydrogens (tertiary/aromatic N) is 3. The number of pyridine rings is 1. The van der Waals surface area contributed by atoms with Gasteiger partial charge in [-0.05, 0) is 31.5 Å². The Labute approximate surface area is 188 Å². The molecule has 2 unspecified atom stereocenters. The highest BCUT2D eigenvalue weighted by Gasteiger charge is 2.28. The number of hydrogen-bond donors (Lipinski definition) is 2. The van der Waals surface area contributed by atoms with E-state index in [2.05, 4.69) is 20.2 Å². The molecule has 2 fully saturated rings. The van der Waals surface area contributed by atoms with Crippen molar-refractivity contribution in [1.82, 2.24) is 19.6 Å². The maximum atomic E-state index is 12.7. The van der Waals surface area contributed by atoms with Crippen LogP contribution in [0.2, 0.25) is 0 Å². The number of aromatic amines is 1. The van der Waals surface area contributed by atoms with Crippen LogP contribution in [-0.4, -0.2) is 80.2 Å². The summed E-state index contributed by atoms with van der Waals surface area (Å²) < 4.78 is 37.7. The second kappa shape index (κ2) is 9.57. The van der Waals surface area contributed by atoms with Gasteiger partial charge in [0.05, 0.1) is 25.4 Å². The average Bonchev–Trinajstić information content (AvgIpc) is 3.29. The molecule has 2 atom stereocenters. The summed E-state index contributed by atoms with van der Waals surface area (Å²) in [4.78, 5) is 22.1. The van der Waals surface area contributed by atoms with E-state index in [0.717, 1.165) is 24.5 Å². The molecule has 11 heteroatoms. The van der Waals surface area contributed by atoms with E-state index in [1.54, 1.807) is 6.20 Å². The van der Waals surface area contributed by atoms with Crippen molar-refractivity contribution in [1.29, 1.82) is 0 Å². The molecule has 32 heavy (non-hydrogen) atoms. The molecule has 4 rings (SSSR count). The Hall–Kier alpha value is -2.47. The van der Waals surface area contributed by atoms with Crippen molar-refractivity contribution in [3.05, 3.63) is 41.9 Å². The first-order valence-electron chi connectivity index (χ1n) is 10.7. The van der Waals surface area contributed by atoms with Crippen molar-refractivity contribution in [2.75, 3.05) is 44.3 Å². The van der Waals surface area contributed by atoms with Gasteiger partial charge in [-0.3, -0.25) is 4.79 Å². The monoisotopic (exact) mass is 463 g/mol. The maximum absolute atomic E-state index is 12.7. The summed E-state index contributed by atoms with van der Waals surface area (Å²) in [5, 5.41) is 2.80. The summed E-state index contributed by atoms with van der Waals surface area (Å²) in [6, 6.07) is 5.23. The summed E-state index contributed by atoms with van der Waals surface area (Å²) in [7, 11) is -3.65. The van der Waals surface area contributed by atoms with Crippen LogP contribution in [0.15, 0.2) is 35.5 Å². The first-order valence-corrected chi connectivity index (χ1v) is 12.2. The van der Waals surface area contributed by atoms with E-state index in [-0.39, 0.29) is 35.2 Å². The first kappa shape index (κ1) is 22.7. The molecule has 10 nitrogen and oxygen atoms in total. The van der Waals surface area contributed by atoms with Gasteiger partial charge in [0, 0.05) is 45.1 Å². The molecule has 2 aliphatic heterocycles. The van der Waals surface area contributed by atoms with E-state index in [1.165, 1.54) is 16.6 Å². The van der Waals surface area contributed by atoms with E-state index >= 15 is 0 Å².